The van der Waals surface area contributed by atoms with Crippen LogP contribution in [-0.2, 0) is 0 Å². The third-order valence-corrected chi connectivity index (χ3v) is 2.64. The van der Waals surface area contributed by atoms with Gasteiger partial charge in [0.15, 0.2) is 0 Å². The number of aliphatic hydroxyl groups excluding tert-OH is 1. The van der Waals surface area contributed by atoms with Crippen molar-refractivity contribution in [2.75, 3.05) is 7.05 Å². The number of para-hydroxylation sites is 1. The van der Waals surface area contributed by atoms with Crippen LogP contribution in [0.1, 0.15) is 18.5 Å². The Kier molecular flexibility index (Phi) is 2.75. The number of benzene rings is 1. The molecule has 3 heteroatoms. The van der Waals surface area contributed by atoms with Crippen LogP contribution in [0, 0.1) is 0 Å². The van der Waals surface area contributed by atoms with Gasteiger partial charge in [-0.15, -0.1) is 0 Å². The molecular formula is C12H15NO2. The van der Waals surface area contributed by atoms with Crippen molar-refractivity contribution in [3.05, 3.63) is 36.1 Å². The average Bonchev–Trinajstić information content (AvgIpc) is 2.63. The Morgan fingerprint density at radius 3 is 2.73 bits per heavy atom. The third-order valence-electron chi connectivity index (χ3n) is 2.64. The van der Waals surface area contributed by atoms with Gasteiger partial charge in [-0.25, -0.2) is 0 Å². The number of hydrogen-bond acceptors (Lipinski definition) is 3. The monoisotopic (exact) mass is 205 g/mol. The lowest BCUT2D eigenvalue weighted by atomic mass is 10.0. The Morgan fingerprint density at radius 2 is 2.07 bits per heavy atom. The van der Waals surface area contributed by atoms with Crippen molar-refractivity contribution < 1.29 is 9.52 Å². The first kappa shape index (κ1) is 10.2. The number of likely N-dealkylation sites (N-methyl/N-ethyl adjacent to an activating group) is 1. The highest BCUT2D eigenvalue weighted by atomic mass is 16.3. The average molecular weight is 205 g/mol. The molecule has 15 heavy (non-hydrogen) atoms. The van der Waals surface area contributed by atoms with Crippen molar-refractivity contribution in [3.63, 3.8) is 0 Å². The van der Waals surface area contributed by atoms with E-state index < -0.39 is 6.10 Å². The zero-order valence-electron chi connectivity index (χ0n) is 8.90. The van der Waals surface area contributed by atoms with Crippen molar-refractivity contribution in [2.45, 2.75) is 19.1 Å². The van der Waals surface area contributed by atoms with E-state index in [2.05, 4.69) is 5.32 Å². The molecule has 3 nitrogen and oxygen atoms in total. The minimum atomic E-state index is -0.448. The van der Waals surface area contributed by atoms with Gasteiger partial charge in [-0.1, -0.05) is 18.2 Å². The predicted molar refractivity (Wildman–Crippen MR) is 59.7 cm³/mol. The summed E-state index contributed by atoms with van der Waals surface area (Å²) >= 11 is 0. The van der Waals surface area contributed by atoms with Crippen molar-refractivity contribution in [2.24, 2.45) is 0 Å². The summed E-state index contributed by atoms with van der Waals surface area (Å²) < 4.78 is 5.43. The Balaban J connectivity index is 2.51. The Labute approximate surface area is 88.7 Å². The van der Waals surface area contributed by atoms with Crippen LogP contribution in [0.2, 0.25) is 0 Å². The van der Waals surface area contributed by atoms with Crippen molar-refractivity contribution in [1.82, 2.24) is 5.32 Å². The number of rotatable bonds is 3. The van der Waals surface area contributed by atoms with E-state index in [0.29, 0.717) is 0 Å². The third kappa shape index (κ3) is 1.76. The molecule has 0 fully saturated rings. The standard InChI is InChI=1S/C12H15NO2/c1-8(14)12(13-2)10-7-15-11-6-4-3-5-9(10)11/h3-8,12-14H,1-2H3. The van der Waals surface area contributed by atoms with Crippen LogP contribution < -0.4 is 5.32 Å². The van der Waals surface area contributed by atoms with Gasteiger partial charge in [0.25, 0.3) is 0 Å². The molecule has 1 aromatic heterocycles. The number of furan rings is 1. The molecule has 1 heterocycles. The van der Waals surface area contributed by atoms with Gasteiger partial charge in [0.05, 0.1) is 18.4 Å². The first-order valence-corrected chi connectivity index (χ1v) is 5.05. The maximum absolute atomic E-state index is 9.64. The molecule has 0 aliphatic carbocycles. The van der Waals surface area contributed by atoms with Gasteiger partial charge in [-0.05, 0) is 20.0 Å². The molecular weight excluding hydrogens is 190 g/mol. The molecule has 80 valence electrons. The fraction of sp³-hybridized carbons (Fsp3) is 0.333. The highest BCUT2D eigenvalue weighted by Crippen LogP contribution is 2.27. The maximum atomic E-state index is 9.64. The minimum Gasteiger partial charge on any atom is -0.464 e. The van der Waals surface area contributed by atoms with Gasteiger partial charge in [-0.3, -0.25) is 0 Å². The van der Waals surface area contributed by atoms with Crippen LogP contribution in [0.25, 0.3) is 11.0 Å². The van der Waals surface area contributed by atoms with Gasteiger partial charge in [0.1, 0.15) is 5.58 Å². The zero-order valence-corrected chi connectivity index (χ0v) is 8.90. The van der Waals surface area contributed by atoms with E-state index in [1.807, 2.05) is 31.3 Å². The molecule has 0 saturated carbocycles. The van der Waals surface area contributed by atoms with E-state index in [-0.39, 0.29) is 6.04 Å². The summed E-state index contributed by atoms with van der Waals surface area (Å²) in [5.74, 6) is 0. The SMILES string of the molecule is CNC(c1coc2ccccc12)C(C)O. The first-order valence-electron chi connectivity index (χ1n) is 5.05. The van der Waals surface area contributed by atoms with E-state index in [9.17, 15) is 5.11 Å². The second kappa shape index (κ2) is 4.04. The van der Waals surface area contributed by atoms with Gasteiger partial charge in [-0.2, -0.15) is 0 Å². The van der Waals surface area contributed by atoms with Gasteiger partial charge >= 0.3 is 0 Å². The fourth-order valence-corrected chi connectivity index (χ4v) is 1.90. The van der Waals surface area contributed by atoms with Crippen LogP contribution >= 0.6 is 0 Å². The van der Waals surface area contributed by atoms with E-state index in [1.54, 1.807) is 13.2 Å². The van der Waals surface area contributed by atoms with Crippen LogP contribution in [-0.4, -0.2) is 18.3 Å². The topological polar surface area (TPSA) is 45.4 Å². The predicted octanol–water partition coefficient (Wildman–Crippen LogP) is 2.07. The van der Waals surface area contributed by atoms with Gasteiger partial charge in [0.2, 0.25) is 0 Å². The van der Waals surface area contributed by atoms with E-state index in [0.717, 1.165) is 16.5 Å². The molecule has 2 rings (SSSR count). The highest BCUT2D eigenvalue weighted by molar-refractivity contribution is 5.81. The second-order valence-electron chi connectivity index (χ2n) is 3.69. The zero-order chi connectivity index (χ0) is 10.8. The van der Waals surface area contributed by atoms with Crippen molar-refractivity contribution >= 4 is 11.0 Å². The summed E-state index contributed by atoms with van der Waals surface area (Å²) in [5, 5.41) is 13.8. The van der Waals surface area contributed by atoms with Crippen LogP contribution in [0.3, 0.4) is 0 Å². The molecule has 0 radical (unpaired) electrons. The molecule has 0 aliphatic heterocycles. The van der Waals surface area contributed by atoms with Gasteiger partial charge < -0.3 is 14.8 Å². The van der Waals surface area contributed by atoms with Crippen molar-refractivity contribution in [1.29, 1.82) is 0 Å². The smallest absolute Gasteiger partial charge is 0.134 e. The first-order chi connectivity index (χ1) is 7.24. The summed E-state index contributed by atoms with van der Waals surface area (Å²) in [6.45, 7) is 1.77. The highest BCUT2D eigenvalue weighted by Gasteiger charge is 2.19. The molecule has 0 amide bonds. The second-order valence-corrected chi connectivity index (χ2v) is 3.69. The lowest BCUT2D eigenvalue weighted by Crippen LogP contribution is -2.26. The molecule has 0 aliphatic rings. The molecule has 2 aromatic rings. The molecule has 2 N–H and O–H groups in total. The van der Waals surface area contributed by atoms with Crippen LogP contribution in [0.4, 0.5) is 0 Å². The number of aliphatic hydroxyl groups is 1. The summed E-state index contributed by atoms with van der Waals surface area (Å²) in [6, 6.07) is 7.74. The van der Waals surface area contributed by atoms with Crippen LogP contribution in [0.5, 0.6) is 0 Å². The van der Waals surface area contributed by atoms with E-state index in [1.165, 1.54) is 0 Å². The lowest BCUT2D eigenvalue weighted by molar-refractivity contribution is 0.150. The Hall–Kier alpha value is -1.32. The fourth-order valence-electron chi connectivity index (χ4n) is 1.90. The quantitative estimate of drug-likeness (QED) is 0.806. The summed E-state index contributed by atoms with van der Waals surface area (Å²) in [5.41, 5.74) is 1.86. The lowest BCUT2D eigenvalue weighted by Gasteiger charge is -2.17. The summed E-state index contributed by atoms with van der Waals surface area (Å²) in [7, 11) is 1.83. The largest absolute Gasteiger partial charge is 0.464 e. The molecule has 0 bridgehead atoms. The Morgan fingerprint density at radius 1 is 1.33 bits per heavy atom. The van der Waals surface area contributed by atoms with E-state index >= 15 is 0 Å². The van der Waals surface area contributed by atoms with Crippen LogP contribution in [0.15, 0.2) is 34.9 Å². The summed E-state index contributed by atoms with van der Waals surface area (Å²) in [4.78, 5) is 0. The molecule has 2 unspecified atom stereocenters. The molecule has 2 atom stereocenters. The number of fused-ring (bicyclic) bond motifs is 1. The molecule has 0 spiro atoms. The molecule has 0 saturated heterocycles. The Bertz CT molecular complexity index is 448. The van der Waals surface area contributed by atoms with Crippen molar-refractivity contribution in [3.8, 4) is 0 Å². The minimum absolute atomic E-state index is 0.0892. The van der Waals surface area contributed by atoms with Gasteiger partial charge in [0, 0.05) is 10.9 Å². The maximum Gasteiger partial charge on any atom is 0.134 e. The number of hydrogen-bond donors (Lipinski definition) is 2. The van der Waals surface area contributed by atoms with E-state index in [4.69, 9.17) is 4.42 Å². The number of nitrogens with one attached hydrogen (secondary N) is 1. The molecule has 1 aromatic carbocycles. The normalized spacial score (nSPS) is 15.4. The summed E-state index contributed by atoms with van der Waals surface area (Å²) in [6.07, 6.45) is 1.26.